The second-order valence-corrected chi connectivity index (χ2v) is 7.85. The number of carbonyl (C=O) groups excluding carboxylic acids is 1. The Bertz CT molecular complexity index is 1210. The van der Waals surface area contributed by atoms with Crippen LogP contribution in [0.3, 0.4) is 0 Å². The van der Waals surface area contributed by atoms with Gasteiger partial charge in [-0.2, -0.15) is 0 Å². The number of halogens is 3. The summed E-state index contributed by atoms with van der Waals surface area (Å²) in [6, 6.07) is 1.51. The lowest BCUT2D eigenvalue weighted by molar-refractivity contribution is -0.171. The summed E-state index contributed by atoms with van der Waals surface area (Å²) in [5.41, 5.74) is 0.984. The van der Waals surface area contributed by atoms with Gasteiger partial charge in [0.1, 0.15) is 34.9 Å². The molecule has 1 amide bonds. The molecule has 8 nitrogen and oxygen atoms in total. The smallest absolute Gasteiger partial charge is 0.277 e. The summed E-state index contributed by atoms with van der Waals surface area (Å²) in [6.45, 7) is 3.13. The molecule has 11 heteroatoms. The summed E-state index contributed by atoms with van der Waals surface area (Å²) in [5, 5.41) is 0.874. The second-order valence-electron chi connectivity index (χ2n) is 7.47. The number of aromatic nitrogens is 2. The fraction of sp³-hybridized carbons (Fsp3) is 0.318. The number of ether oxygens (including phenoxy) is 1. The van der Waals surface area contributed by atoms with Crippen molar-refractivity contribution >= 4 is 23.2 Å². The van der Waals surface area contributed by atoms with E-state index in [2.05, 4.69) is 4.98 Å². The topological polar surface area (TPSA) is 76.9 Å². The normalized spacial score (nSPS) is 15.8. The number of nitrogens with zero attached hydrogens (tertiary/aromatic N) is 4. The van der Waals surface area contributed by atoms with Crippen LogP contribution in [0.4, 0.5) is 8.78 Å². The Morgan fingerprint density at radius 3 is 2.64 bits per heavy atom. The van der Waals surface area contributed by atoms with Gasteiger partial charge in [0.15, 0.2) is 5.82 Å². The molecule has 3 rings (SSSR count). The molecule has 0 saturated carbocycles. The molecule has 0 aromatic carbocycles. The molecule has 1 aliphatic rings. The average Bonchev–Trinajstić information content (AvgIpc) is 2.76. The number of rotatable bonds is 6. The maximum absolute atomic E-state index is 13.8. The first-order valence-corrected chi connectivity index (χ1v) is 10.2. The molecule has 0 aliphatic carbocycles. The van der Waals surface area contributed by atoms with Crippen molar-refractivity contribution in [1.82, 2.24) is 19.5 Å². The first kappa shape index (κ1) is 24.4. The maximum atomic E-state index is 13.8. The molecule has 0 fully saturated rings. The van der Waals surface area contributed by atoms with E-state index in [1.807, 2.05) is 0 Å². The first-order valence-electron chi connectivity index (χ1n) is 9.84. The summed E-state index contributed by atoms with van der Waals surface area (Å²) >= 11 is 6.28. The lowest BCUT2D eigenvalue weighted by Gasteiger charge is -2.32. The molecule has 3 heterocycles. The number of aryl methyl sites for hydroxylation is 1. The van der Waals surface area contributed by atoms with Crippen LogP contribution >= 0.6 is 11.6 Å². The van der Waals surface area contributed by atoms with Gasteiger partial charge in [0, 0.05) is 38.1 Å². The Morgan fingerprint density at radius 1 is 1.30 bits per heavy atom. The molecule has 0 N–H and O–H groups in total. The zero-order chi connectivity index (χ0) is 24.4. The first-order chi connectivity index (χ1) is 15.5. The van der Waals surface area contributed by atoms with Gasteiger partial charge in [0.2, 0.25) is 0 Å². The molecule has 0 radical (unpaired) electrons. The molecule has 0 unspecified atom stereocenters. The zero-order valence-electron chi connectivity index (χ0n) is 18.7. The molecular weight excluding hydrogens is 458 g/mol. The van der Waals surface area contributed by atoms with E-state index in [1.165, 1.54) is 24.8 Å². The summed E-state index contributed by atoms with van der Waals surface area (Å²) in [6.07, 6.45) is 4.26. The average molecular weight is 481 g/mol. The minimum Gasteiger partial charge on any atom is -0.485 e. The van der Waals surface area contributed by atoms with Crippen LogP contribution in [0.15, 0.2) is 41.0 Å². The van der Waals surface area contributed by atoms with Crippen molar-refractivity contribution in [2.24, 2.45) is 0 Å². The Balaban J connectivity index is 1.97. The van der Waals surface area contributed by atoms with Crippen molar-refractivity contribution in [2.75, 3.05) is 21.2 Å². The van der Waals surface area contributed by atoms with E-state index in [1.54, 1.807) is 38.1 Å². The molecule has 0 bridgehead atoms. The van der Waals surface area contributed by atoms with Crippen molar-refractivity contribution in [2.45, 2.75) is 26.5 Å². The van der Waals surface area contributed by atoms with Crippen LogP contribution in [-0.2, 0) is 16.2 Å². The van der Waals surface area contributed by atoms with Crippen LogP contribution in [0.2, 0.25) is 5.02 Å². The van der Waals surface area contributed by atoms with Crippen molar-refractivity contribution in [3.63, 3.8) is 0 Å². The maximum Gasteiger partial charge on any atom is 0.277 e. The van der Waals surface area contributed by atoms with Crippen LogP contribution in [0.1, 0.15) is 18.3 Å². The van der Waals surface area contributed by atoms with Crippen LogP contribution in [0.5, 0.6) is 5.75 Å². The fourth-order valence-corrected chi connectivity index (χ4v) is 3.60. The highest BCUT2D eigenvalue weighted by molar-refractivity contribution is 6.31. The minimum absolute atomic E-state index is 0.0304. The summed E-state index contributed by atoms with van der Waals surface area (Å²) < 4.78 is 33.8. The Labute approximate surface area is 194 Å². The van der Waals surface area contributed by atoms with Gasteiger partial charge in [-0.25, -0.2) is 13.8 Å². The van der Waals surface area contributed by atoms with E-state index >= 15 is 0 Å². The van der Waals surface area contributed by atoms with Crippen LogP contribution < -0.4 is 10.3 Å². The van der Waals surface area contributed by atoms with E-state index in [0.29, 0.717) is 17.5 Å². The number of allylic oxidation sites excluding steroid dienone is 2. The van der Waals surface area contributed by atoms with Crippen LogP contribution in [-0.4, -0.2) is 52.7 Å². The third kappa shape index (κ3) is 4.91. The van der Waals surface area contributed by atoms with Crippen LogP contribution in [0.25, 0.3) is 5.70 Å². The monoisotopic (exact) mass is 480 g/mol. The third-order valence-corrected chi connectivity index (χ3v) is 5.53. The van der Waals surface area contributed by atoms with Gasteiger partial charge in [-0.3, -0.25) is 24.0 Å². The van der Waals surface area contributed by atoms with Gasteiger partial charge in [-0.1, -0.05) is 11.6 Å². The number of amides is 1. The molecule has 0 saturated heterocycles. The second kappa shape index (κ2) is 9.72. The number of carbonyl (C=O) groups is 1. The summed E-state index contributed by atoms with van der Waals surface area (Å²) in [5.74, 6) is -1.98. The molecule has 176 valence electrons. The minimum atomic E-state index is -0.870. The SMILES string of the molecule is CON(C)C(=O)[C@H]1C=C(n2c(C)cc(OCc3ncc(F)cc3F)c(Cl)c2=O)C(C)=CN1C. The van der Waals surface area contributed by atoms with Crippen molar-refractivity contribution in [3.8, 4) is 5.75 Å². The van der Waals surface area contributed by atoms with Gasteiger partial charge >= 0.3 is 0 Å². The molecule has 1 aliphatic heterocycles. The molecule has 1 atom stereocenters. The van der Waals surface area contributed by atoms with E-state index in [-0.39, 0.29) is 29.0 Å². The Morgan fingerprint density at radius 2 is 2.00 bits per heavy atom. The van der Waals surface area contributed by atoms with Gasteiger partial charge in [-0.05, 0) is 25.5 Å². The largest absolute Gasteiger partial charge is 0.485 e. The van der Waals surface area contributed by atoms with Crippen molar-refractivity contribution in [1.29, 1.82) is 0 Å². The number of likely N-dealkylation sites (N-methyl/N-ethyl adjacent to an activating group) is 2. The molecule has 33 heavy (non-hydrogen) atoms. The number of hydrogen-bond acceptors (Lipinski definition) is 6. The molecule has 2 aromatic rings. The van der Waals surface area contributed by atoms with Gasteiger partial charge in [-0.15, -0.1) is 0 Å². The van der Waals surface area contributed by atoms with E-state index in [9.17, 15) is 18.4 Å². The van der Waals surface area contributed by atoms with E-state index in [0.717, 1.165) is 16.8 Å². The van der Waals surface area contributed by atoms with Crippen molar-refractivity contribution < 1.29 is 23.1 Å². The molecule has 2 aromatic heterocycles. The third-order valence-electron chi connectivity index (χ3n) is 5.18. The number of pyridine rings is 2. The predicted octanol–water partition coefficient (Wildman–Crippen LogP) is 3.14. The Hall–Kier alpha value is -3.24. The predicted molar refractivity (Wildman–Crippen MR) is 118 cm³/mol. The van der Waals surface area contributed by atoms with E-state index < -0.39 is 23.2 Å². The van der Waals surface area contributed by atoms with Gasteiger partial charge < -0.3 is 9.64 Å². The highest BCUT2D eigenvalue weighted by atomic mass is 35.5. The zero-order valence-corrected chi connectivity index (χ0v) is 19.5. The van der Waals surface area contributed by atoms with E-state index in [4.69, 9.17) is 21.2 Å². The van der Waals surface area contributed by atoms with Crippen LogP contribution in [0, 0.1) is 18.6 Å². The highest BCUT2D eigenvalue weighted by Gasteiger charge is 2.29. The summed E-state index contributed by atoms with van der Waals surface area (Å²) in [4.78, 5) is 36.2. The van der Waals surface area contributed by atoms with Crippen molar-refractivity contribution in [3.05, 3.63) is 74.6 Å². The lowest BCUT2D eigenvalue weighted by atomic mass is 10.1. The molecule has 0 spiro atoms. The van der Waals surface area contributed by atoms with Gasteiger partial charge in [0.25, 0.3) is 11.5 Å². The lowest BCUT2D eigenvalue weighted by Crippen LogP contribution is -2.44. The summed E-state index contributed by atoms with van der Waals surface area (Å²) in [7, 11) is 4.62. The Kier molecular flexibility index (Phi) is 7.19. The molecular formula is C22H23ClF2N4O4. The quantitative estimate of drug-likeness (QED) is 0.591. The number of hydrogen-bond donors (Lipinski definition) is 0. The standard InChI is InChI=1S/C22H23ClF2N4O4/c1-12-10-27(3)18(21(30)28(4)32-5)8-17(12)29-13(2)6-19(20(23)22(29)31)33-11-16-15(25)7-14(24)9-26-16/h6-10,18H,11H2,1-5H3/t18-/m1/s1. The number of hydroxylamine groups is 2. The fourth-order valence-electron chi connectivity index (χ4n) is 3.40. The highest BCUT2D eigenvalue weighted by Crippen LogP contribution is 2.29. The van der Waals surface area contributed by atoms with Gasteiger partial charge in [0.05, 0.1) is 19.0 Å².